The van der Waals surface area contributed by atoms with Gasteiger partial charge in [0, 0.05) is 5.33 Å². The second-order valence-corrected chi connectivity index (χ2v) is 4.76. The molecule has 0 unspecified atom stereocenters. The van der Waals surface area contributed by atoms with Crippen LogP contribution in [0.25, 0.3) is 0 Å². The highest BCUT2D eigenvalue weighted by atomic mass is 79.9. The minimum Gasteiger partial charge on any atom is -0.232 e. The Morgan fingerprint density at radius 2 is 1.82 bits per heavy atom. The van der Waals surface area contributed by atoms with Crippen LogP contribution in [0, 0.1) is 0 Å². The van der Waals surface area contributed by atoms with Crippen molar-refractivity contribution in [3.8, 4) is 0 Å². The van der Waals surface area contributed by atoms with Crippen LogP contribution in [0.5, 0.6) is 0 Å². The Morgan fingerprint density at radius 3 is 2.36 bits per heavy atom. The Balaban J connectivity index is 3.21. The number of alkyl halides is 1. The van der Waals surface area contributed by atoms with E-state index in [0.29, 0.717) is 0 Å². The van der Waals surface area contributed by atoms with Gasteiger partial charge in [-0.25, -0.2) is 4.98 Å². The average molecular weight is 409 g/mol. The number of halogens is 4. The van der Waals surface area contributed by atoms with Crippen LogP contribution >= 0.6 is 63.7 Å². The normalized spacial score (nSPS) is 10.2. The Morgan fingerprint density at radius 1 is 1.18 bits per heavy atom. The summed E-state index contributed by atoms with van der Waals surface area (Å²) in [5.41, 5.74) is 1.13. The predicted octanol–water partition coefficient (Wildman–Crippen LogP) is 4.26. The van der Waals surface area contributed by atoms with Crippen molar-refractivity contribution in [3.63, 3.8) is 0 Å². The molecule has 5 heteroatoms. The summed E-state index contributed by atoms with van der Waals surface area (Å²) >= 11 is 13.4. The van der Waals surface area contributed by atoms with Crippen molar-refractivity contribution in [1.82, 2.24) is 4.98 Å². The molecule has 0 fully saturated rings. The van der Waals surface area contributed by atoms with Gasteiger partial charge in [-0.3, -0.25) is 0 Å². The third-order valence-corrected chi connectivity index (χ3v) is 4.14. The van der Waals surface area contributed by atoms with Crippen molar-refractivity contribution >= 4 is 63.7 Å². The fourth-order valence-electron chi connectivity index (χ4n) is 0.577. The van der Waals surface area contributed by atoms with Gasteiger partial charge in [0.15, 0.2) is 0 Å². The Kier molecular flexibility index (Phi) is 4.01. The van der Waals surface area contributed by atoms with Crippen molar-refractivity contribution < 1.29 is 0 Å². The average Bonchev–Trinajstić information content (AvgIpc) is 1.97. The predicted molar refractivity (Wildman–Crippen MR) is 60.0 cm³/mol. The third kappa shape index (κ3) is 2.50. The smallest absolute Gasteiger partial charge is 0.121 e. The maximum absolute atomic E-state index is 4.20. The van der Waals surface area contributed by atoms with Gasteiger partial charge in [-0.1, -0.05) is 15.9 Å². The van der Waals surface area contributed by atoms with Gasteiger partial charge in [-0.15, -0.1) is 0 Å². The highest BCUT2D eigenvalue weighted by Gasteiger charge is 2.04. The van der Waals surface area contributed by atoms with Crippen LogP contribution in [0.2, 0.25) is 0 Å². The van der Waals surface area contributed by atoms with Crippen molar-refractivity contribution in [2.75, 3.05) is 0 Å². The molecule has 1 aromatic rings. The minimum absolute atomic E-state index is 0.798. The van der Waals surface area contributed by atoms with Gasteiger partial charge in [0.25, 0.3) is 0 Å². The van der Waals surface area contributed by atoms with E-state index in [-0.39, 0.29) is 0 Å². The Bertz CT molecular complexity index is 274. The summed E-state index contributed by atoms with van der Waals surface area (Å²) in [6, 6.07) is 2.01. The van der Waals surface area contributed by atoms with Gasteiger partial charge < -0.3 is 0 Å². The fraction of sp³-hybridized carbons (Fsp3) is 0.167. The molecular formula is C6H3Br4N. The molecule has 0 bridgehead atoms. The topological polar surface area (TPSA) is 12.9 Å². The molecule has 1 aromatic heterocycles. The molecule has 0 N–H and O–H groups in total. The first-order valence-electron chi connectivity index (χ1n) is 2.71. The van der Waals surface area contributed by atoms with Crippen molar-refractivity contribution in [2.24, 2.45) is 0 Å². The molecule has 1 nitrogen and oxygen atoms in total. The minimum atomic E-state index is 0.798. The summed E-state index contributed by atoms with van der Waals surface area (Å²) in [4.78, 5) is 4.20. The van der Waals surface area contributed by atoms with Gasteiger partial charge >= 0.3 is 0 Å². The summed E-state index contributed by atoms with van der Waals surface area (Å²) in [5, 5.41) is 0.798. The van der Waals surface area contributed by atoms with E-state index in [1.807, 2.05) is 6.07 Å². The number of nitrogens with zero attached hydrogens (tertiary/aromatic N) is 1. The molecule has 0 saturated carbocycles. The van der Waals surface area contributed by atoms with E-state index < -0.39 is 0 Å². The monoisotopic (exact) mass is 405 g/mol. The van der Waals surface area contributed by atoms with Crippen LogP contribution in [-0.2, 0) is 5.33 Å². The van der Waals surface area contributed by atoms with Crippen molar-refractivity contribution in [2.45, 2.75) is 5.33 Å². The summed E-state index contributed by atoms with van der Waals surface area (Å²) < 4.78 is 2.65. The molecule has 0 aromatic carbocycles. The van der Waals surface area contributed by atoms with Crippen molar-refractivity contribution in [3.05, 3.63) is 25.3 Å². The molecule has 11 heavy (non-hydrogen) atoms. The van der Waals surface area contributed by atoms with E-state index in [0.717, 1.165) is 24.6 Å². The first-order chi connectivity index (χ1) is 5.15. The van der Waals surface area contributed by atoms with Gasteiger partial charge in [0.2, 0.25) is 0 Å². The van der Waals surface area contributed by atoms with Crippen LogP contribution < -0.4 is 0 Å². The molecule has 0 aliphatic rings. The van der Waals surface area contributed by atoms with E-state index in [2.05, 4.69) is 68.7 Å². The molecule has 1 heterocycles. The largest absolute Gasteiger partial charge is 0.232 e. The zero-order valence-electron chi connectivity index (χ0n) is 5.24. The van der Waals surface area contributed by atoms with E-state index in [9.17, 15) is 0 Å². The lowest BCUT2D eigenvalue weighted by atomic mass is 10.3. The van der Waals surface area contributed by atoms with Crippen LogP contribution in [0.1, 0.15) is 5.56 Å². The fourth-order valence-corrected chi connectivity index (χ4v) is 2.71. The summed E-state index contributed by atoms with van der Waals surface area (Å²) in [6.07, 6.45) is 0. The Labute approximate surface area is 98.5 Å². The first kappa shape index (κ1) is 10.2. The van der Waals surface area contributed by atoms with Crippen LogP contribution in [0.15, 0.2) is 19.7 Å². The molecule has 60 valence electrons. The molecule has 0 saturated heterocycles. The van der Waals surface area contributed by atoms with Gasteiger partial charge in [0.05, 0.1) is 4.47 Å². The number of hydrogen-bond acceptors (Lipinski definition) is 1. The number of hydrogen-bond donors (Lipinski definition) is 0. The second kappa shape index (κ2) is 4.35. The quantitative estimate of drug-likeness (QED) is 0.500. The van der Waals surface area contributed by atoms with Crippen LogP contribution in [0.4, 0.5) is 0 Å². The van der Waals surface area contributed by atoms with E-state index >= 15 is 0 Å². The first-order valence-corrected chi connectivity index (χ1v) is 6.21. The number of aromatic nitrogens is 1. The maximum atomic E-state index is 4.20. The molecule has 0 aliphatic heterocycles. The van der Waals surface area contributed by atoms with Gasteiger partial charge in [-0.05, 0) is 59.4 Å². The molecule has 0 atom stereocenters. The maximum Gasteiger partial charge on any atom is 0.121 e. The summed E-state index contributed by atoms with van der Waals surface area (Å²) in [6.45, 7) is 0. The summed E-state index contributed by atoms with van der Waals surface area (Å²) in [7, 11) is 0. The molecule has 0 radical (unpaired) electrons. The molecule has 0 amide bonds. The Hall–Kier alpha value is 1.07. The highest BCUT2D eigenvalue weighted by Crippen LogP contribution is 2.27. The third-order valence-electron chi connectivity index (χ3n) is 1.10. The number of pyridine rings is 1. The zero-order valence-corrected chi connectivity index (χ0v) is 11.6. The second-order valence-electron chi connectivity index (χ2n) is 1.84. The van der Waals surface area contributed by atoms with Crippen molar-refractivity contribution in [1.29, 1.82) is 0 Å². The van der Waals surface area contributed by atoms with Gasteiger partial charge in [0.1, 0.15) is 9.21 Å². The van der Waals surface area contributed by atoms with Crippen LogP contribution in [0.3, 0.4) is 0 Å². The lowest BCUT2D eigenvalue weighted by Crippen LogP contribution is -1.86. The standard InChI is InChI=1S/C6H3Br4N/c7-2-3-1-4(8)6(10)11-5(3)9/h1H,2H2. The van der Waals surface area contributed by atoms with Crippen LogP contribution in [-0.4, -0.2) is 4.98 Å². The molecule has 0 spiro atoms. The van der Waals surface area contributed by atoms with E-state index in [1.54, 1.807) is 0 Å². The molecule has 0 aliphatic carbocycles. The molecule has 1 rings (SSSR count). The lowest BCUT2D eigenvalue weighted by molar-refractivity contribution is 1.16. The van der Waals surface area contributed by atoms with E-state index in [1.165, 1.54) is 0 Å². The molecular weight excluding hydrogens is 406 g/mol. The SMILES string of the molecule is BrCc1cc(Br)c(Br)nc1Br. The van der Waals surface area contributed by atoms with Gasteiger partial charge in [-0.2, -0.15) is 0 Å². The zero-order chi connectivity index (χ0) is 8.43. The van der Waals surface area contributed by atoms with E-state index in [4.69, 9.17) is 0 Å². The lowest BCUT2D eigenvalue weighted by Gasteiger charge is -2.01. The number of rotatable bonds is 1. The highest BCUT2D eigenvalue weighted by molar-refractivity contribution is 9.13. The summed E-state index contributed by atoms with van der Waals surface area (Å²) in [5.74, 6) is 0.